The van der Waals surface area contributed by atoms with Crippen LogP contribution in [0, 0.1) is 12.8 Å². The maximum Gasteiger partial charge on any atom is 0.272 e. The van der Waals surface area contributed by atoms with E-state index >= 15 is 0 Å². The summed E-state index contributed by atoms with van der Waals surface area (Å²) in [5, 5.41) is 4.21. The van der Waals surface area contributed by atoms with Gasteiger partial charge < -0.3 is 10.6 Å². The third-order valence-electron chi connectivity index (χ3n) is 3.48. The first-order valence-electron chi connectivity index (χ1n) is 6.04. The lowest BCUT2D eigenvalue weighted by Gasteiger charge is -2.21. The van der Waals surface area contributed by atoms with E-state index in [1.54, 1.807) is 11.7 Å². The van der Waals surface area contributed by atoms with Gasteiger partial charge in [0.15, 0.2) is 0 Å². The molecule has 0 aliphatic carbocycles. The molecule has 2 unspecified atom stereocenters. The van der Waals surface area contributed by atoms with Gasteiger partial charge in [-0.1, -0.05) is 0 Å². The van der Waals surface area contributed by atoms with Gasteiger partial charge in [0.2, 0.25) is 0 Å². The van der Waals surface area contributed by atoms with E-state index in [1.165, 1.54) is 0 Å². The van der Waals surface area contributed by atoms with Crippen molar-refractivity contribution in [3.63, 3.8) is 0 Å². The molecule has 94 valence electrons. The van der Waals surface area contributed by atoms with Gasteiger partial charge in [0.1, 0.15) is 5.69 Å². The SMILES string of the molecule is Cc1cc(C(=O)N2CC(CN)CC2C)n(C)n1. The molecule has 1 aliphatic heterocycles. The lowest BCUT2D eigenvalue weighted by molar-refractivity contribution is 0.0732. The first-order chi connectivity index (χ1) is 8.02. The average molecular weight is 236 g/mol. The molecular weight excluding hydrogens is 216 g/mol. The van der Waals surface area contributed by atoms with Crippen LogP contribution in [0.3, 0.4) is 0 Å². The van der Waals surface area contributed by atoms with Crippen molar-refractivity contribution in [3.05, 3.63) is 17.5 Å². The highest BCUT2D eigenvalue weighted by atomic mass is 16.2. The minimum Gasteiger partial charge on any atom is -0.334 e. The second-order valence-corrected chi connectivity index (χ2v) is 4.94. The smallest absolute Gasteiger partial charge is 0.272 e. The summed E-state index contributed by atoms with van der Waals surface area (Å²) in [6.07, 6.45) is 0.999. The average Bonchev–Trinajstić information content (AvgIpc) is 2.81. The van der Waals surface area contributed by atoms with Gasteiger partial charge in [0, 0.05) is 19.6 Å². The predicted octanol–water partition coefficient (Wildman–Crippen LogP) is 0.538. The van der Waals surface area contributed by atoms with Gasteiger partial charge in [-0.3, -0.25) is 9.48 Å². The molecule has 1 aromatic rings. The number of likely N-dealkylation sites (tertiary alicyclic amines) is 1. The molecule has 1 aliphatic rings. The Hall–Kier alpha value is -1.36. The minimum absolute atomic E-state index is 0.0663. The molecule has 1 amide bonds. The van der Waals surface area contributed by atoms with Crippen LogP contribution >= 0.6 is 0 Å². The first kappa shape index (κ1) is 12.1. The van der Waals surface area contributed by atoms with Gasteiger partial charge in [-0.25, -0.2) is 0 Å². The van der Waals surface area contributed by atoms with Crippen LogP contribution in [0.5, 0.6) is 0 Å². The Morgan fingerprint density at radius 3 is 2.82 bits per heavy atom. The Labute approximate surface area is 102 Å². The normalized spacial score (nSPS) is 24.4. The number of amides is 1. The molecule has 2 rings (SSSR count). The summed E-state index contributed by atoms with van der Waals surface area (Å²) in [6, 6.07) is 2.11. The van der Waals surface area contributed by atoms with Crippen LogP contribution in [0.15, 0.2) is 6.07 Å². The quantitative estimate of drug-likeness (QED) is 0.815. The largest absolute Gasteiger partial charge is 0.334 e. The summed E-state index contributed by atoms with van der Waals surface area (Å²) in [5.41, 5.74) is 7.21. The molecule has 0 spiro atoms. The second kappa shape index (κ2) is 4.49. The van der Waals surface area contributed by atoms with Crippen LogP contribution < -0.4 is 5.73 Å². The molecule has 2 atom stereocenters. The number of carbonyl (C=O) groups excluding carboxylic acids is 1. The maximum absolute atomic E-state index is 12.4. The second-order valence-electron chi connectivity index (χ2n) is 4.94. The van der Waals surface area contributed by atoms with Crippen molar-refractivity contribution in [1.29, 1.82) is 0 Å². The fraction of sp³-hybridized carbons (Fsp3) is 0.667. The Balaban J connectivity index is 2.18. The number of aryl methyl sites for hydroxylation is 2. The fourth-order valence-electron chi connectivity index (χ4n) is 2.55. The first-order valence-corrected chi connectivity index (χ1v) is 6.04. The number of carbonyl (C=O) groups is 1. The number of hydrogen-bond acceptors (Lipinski definition) is 3. The fourth-order valence-corrected chi connectivity index (χ4v) is 2.55. The molecule has 0 saturated carbocycles. The standard InChI is InChI=1S/C12H20N4O/c1-8-4-11(15(3)14-8)12(17)16-7-10(6-13)5-9(16)2/h4,9-10H,5-7,13H2,1-3H3. The Morgan fingerprint density at radius 1 is 1.65 bits per heavy atom. The Morgan fingerprint density at radius 2 is 2.35 bits per heavy atom. The topological polar surface area (TPSA) is 64.2 Å². The van der Waals surface area contributed by atoms with Crippen LogP contribution in [0.1, 0.15) is 29.5 Å². The molecule has 0 aromatic carbocycles. The zero-order valence-electron chi connectivity index (χ0n) is 10.7. The lowest BCUT2D eigenvalue weighted by atomic mass is 10.1. The summed E-state index contributed by atoms with van der Waals surface area (Å²) < 4.78 is 1.65. The van der Waals surface area contributed by atoms with Crippen molar-refractivity contribution in [2.75, 3.05) is 13.1 Å². The van der Waals surface area contributed by atoms with Gasteiger partial charge in [-0.05, 0) is 38.8 Å². The molecule has 2 N–H and O–H groups in total. The van der Waals surface area contributed by atoms with Crippen molar-refractivity contribution in [2.24, 2.45) is 18.7 Å². The van der Waals surface area contributed by atoms with E-state index in [2.05, 4.69) is 12.0 Å². The van der Waals surface area contributed by atoms with Crippen LogP contribution in [0.25, 0.3) is 0 Å². The van der Waals surface area contributed by atoms with Gasteiger partial charge >= 0.3 is 0 Å². The van der Waals surface area contributed by atoms with Gasteiger partial charge in [0.25, 0.3) is 5.91 Å². The van der Waals surface area contributed by atoms with E-state index < -0.39 is 0 Å². The summed E-state index contributed by atoms with van der Waals surface area (Å²) in [5.74, 6) is 0.500. The maximum atomic E-state index is 12.4. The van der Waals surface area contributed by atoms with Gasteiger partial charge in [0.05, 0.1) is 5.69 Å². The monoisotopic (exact) mass is 236 g/mol. The molecule has 1 saturated heterocycles. The van der Waals surface area contributed by atoms with Crippen LogP contribution in [0.2, 0.25) is 0 Å². The van der Waals surface area contributed by atoms with E-state index in [-0.39, 0.29) is 11.9 Å². The van der Waals surface area contributed by atoms with Crippen LogP contribution in [-0.4, -0.2) is 39.7 Å². The number of rotatable bonds is 2. The van der Waals surface area contributed by atoms with Crippen molar-refractivity contribution >= 4 is 5.91 Å². The molecule has 5 heteroatoms. The zero-order chi connectivity index (χ0) is 12.6. The van der Waals surface area contributed by atoms with Crippen LogP contribution in [0.4, 0.5) is 0 Å². The Bertz CT molecular complexity index is 426. The van der Waals surface area contributed by atoms with E-state index in [1.807, 2.05) is 17.9 Å². The van der Waals surface area contributed by atoms with E-state index in [9.17, 15) is 4.79 Å². The number of hydrogen-bond donors (Lipinski definition) is 1. The number of nitrogens with zero attached hydrogens (tertiary/aromatic N) is 3. The summed E-state index contributed by atoms with van der Waals surface area (Å²) in [4.78, 5) is 14.3. The predicted molar refractivity (Wildman–Crippen MR) is 65.6 cm³/mol. The zero-order valence-corrected chi connectivity index (χ0v) is 10.7. The molecule has 17 heavy (non-hydrogen) atoms. The van der Waals surface area contributed by atoms with E-state index in [4.69, 9.17) is 5.73 Å². The lowest BCUT2D eigenvalue weighted by Crippen LogP contribution is -2.35. The minimum atomic E-state index is 0.0663. The molecular formula is C12H20N4O. The van der Waals surface area contributed by atoms with Crippen molar-refractivity contribution in [3.8, 4) is 0 Å². The van der Waals surface area contributed by atoms with Gasteiger partial charge in [-0.2, -0.15) is 5.10 Å². The molecule has 5 nitrogen and oxygen atoms in total. The van der Waals surface area contributed by atoms with E-state index in [0.29, 0.717) is 18.2 Å². The third kappa shape index (κ3) is 2.20. The highest BCUT2D eigenvalue weighted by Crippen LogP contribution is 2.24. The van der Waals surface area contributed by atoms with Crippen molar-refractivity contribution in [1.82, 2.24) is 14.7 Å². The molecule has 0 radical (unpaired) electrons. The van der Waals surface area contributed by atoms with Crippen molar-refractivity contribution in [2.45, 2.75) is 26.3 Å². The van der Waals surface area contributed by atoms with E-state index in [0.717, 1.165) is 18.7 Å². The third-order valence-corrected chi connectivity index (χ3v) is 3.48. The summed E-state index contributed by atoms with van der Waals surface area (Å²) in [7, 11) is 1.81. The van der Waals surface area contributed by atoms with Gasteiger partial charge in [-0.15, -0.1) is 0 Å². The summed E-state index contributed by atoms with van der Waals surface area (Å²) >= 11 is 0. The highest BCUT2D eigenvalue weighted by Gasteiger charge is 2.33. The molecule has 1 fully saturated rings. The molecule has 0 bridgehead atoms. The summed E-state index contributed by atoms with van der Waals surface area (Å²) in [6.45, 7) is 5.39. The Kier molecular flexibility index (Phi) is 3.19. The molecule has 2 heterocycles. The van der Waals surface area contributed by atoms with Crippen molar-refractivity contribution < 1.29 is 4.79 Å². The molecule has 1 aromatic heterocycles. The number of aromatic nitrogens is 2. The highest BCUT2D eigenvalue weighted by molar-refractivity contribution is 5.93. The number of nitrogens with two attached hydrogens (primary N) is 1. The van der Waals surface area contributed by atoms with Crippen LogP contribution in [-0.2, 0) is 7.05 Å².